The van der Waals surface area contributed by atoms with Crippen LogP contribution >= 0.6 is 27.5 Å². The summed E-state index contributed by atoms with van der Waals surface area (Å²) in [6.07, 6.45) is 2.31. The van der Waals surface area contributed by atoms with Gasteiger partial charge < -0.3 is 4.74 Å². The molecule has 12 heavy (non-hydrogen) atoms. The lowest BCUT2D eigenvalue weighted by molar-refractivity contribution is 0.302. The van der Waals surface area contributed by atoms with Crippen LogP contribution in [-0.4, -0.2) is 16.6 Å². The van der Waals surface area contributed by atoms with E-state index in [0.717, 1.165) is 6.42 Å². The highest BCUT2D eigenvalue weighted by molar-refractivity contribution is 9.10. The second kappa shape index (κ2) is 4.62. The summed E-state index contributed by atoms with van der Waals surface area (Å²) in [5, 5.41) is 0.371. The summed E-state index contributed by atoms with van der Waals surface area (Å²) < 4.78 is 5.90. The zero-order valence-corrected chi connectivity index (χ0v) is 8.89. The molecule has 0 aliphatic rings. The molecule has 0 atom stereocenters. The van der Waals surface area contributed by atoms with Gasteiger partial charge in [-0.2, -0.15) is 0 Å². The quantitative estimate of drug-likeness (QED) is 0.775. The molecule has 0 bridgehead atoms. The van der Waals surface area contributed by atoms with E-state index in [4.69, 9.17) is 16.3 Å². The van der Waals surface area contributed by atoms with Crippen LogP contribution in [0.4, 0.5) is 0 Å². The number of halogens is 2. The highest BCUT2D eigenvalue weighted by Gasteiger charge is 2.06. The van der Waals surface area contributed by atoms with Crippen LogP contribution in [0.2, 0.25) is 5.15 Å². The van der Waals surface area contributed by atoms with Crippen LogP contribution in [0.15, 0.2) is 10.8 Å². The molecule has 0 spiro atoms. The minimum atomic E-state index is 0.371. The fraction of sp³-hybridized carbons (Fsp3) is 0.429. The maximum Gasteiger partial charge on any atom is 0.232 e. The molecule has 1 aromatic rings. The van der Waals surface area contributed by atoms with Gasteiger partial charge in [0, 0.05) is 0 Å². The molecule has 0 N–H and O–H groups in total. The Hall–Kier alpha value is -0.350. The van der Waals surface area contributed by atoms with Gasteiger partial charge in [0.2, 0.25) is 5.88 Å². The van der Waals surface area contributed by atoms with Gasteiger partial charge in [0.25, 0.3) is 0 Å². The van der Waals surface area contributed by atoms with E-state index in [2.05, 4.69) is 25.9 Å². The molecular weight excluding hydrogens is 243 g/mol. The summed E-state index contributed by atoms with van der Waals surface area (Å²) in [6, 6.07) is 0. The van der Waals surface area contributed by atoms with Crippen LogP contribution in [0.25, 0.3) is 0 Å². The van der Waals surface area contributed by atoms with Crippen LogP contribution in [0, 0.1) is 0 Å². The molecule has 0 aromatic carbocycles. The van der Waals surface area contributed by atoms with Gasteiger partial charge in [0.15, 0.2) is 5.15 Å². The molecule has 0 unspecified atom stereocenters. The predicted octanol–water partition coefficient (Wildman–Crippen LogP) is 2.68. The van der Waals surface area contributed by atoms with E-state index in [1.807, 2.05) is 6.92 Å². The molecule has 0 fully saturated rings. The maximum absolute atomic E-state index is 5.71. The molecule has 0 aliphatic heterocycles. The number of nitrogens with zero attached hydrogens (tertiary/aromatic N) is 2. The van der Waals surface area contributed by atoms with Gasteiger partial charge in [-0.05, 0) is 22.4 Å². The average molecular weight is 252 g/mol. The van der Waals surface area contributed by atoms with Gasteiger partial charge in [-0.15, -0.1) is 0 Å². The monoisotopic (exact) mass is 250 g/mol. The van der Waals surface area contributed by atoms with Gasteiger partial charge in [-0.3, -0.25) is 0 Å². The van der Waals surface area contributed by atoms with Gasteiger partial charge >= 0.3 is 0 Å². The minimum absolute atomic E-state index is 0.371. The van der Waals surface area contributed by atoms with Crippen LogP contribution < -0.4 is 4.74 Å². The van der Waals surface area contributed by atoms with Crippen molar-refractivity contribution in [2.75, 3.05) is 6.61 Å². The minimum Gasteiger partial charge on any atom is -0.477 e. The van der Waals surface area contributed by atoms with Crippen molar-refractivity contribution in [1.29, 1.82) is 0 Å². The largest absolute Gasteiger partial charge is 0.477 e. The van der Waals surface area contributed by atoms with E-state index in [9.17, 15) is 0 Å². The number of ether oxygens (including phenoxy) is 1. The Morgan fingerprint density at radius 2 is 2.33 bits per heavy atom. The molecule has 0 saturated carbocycles. The molecule has 1 rings (SSSR count). The van der Waals surface area contributed by atoms with Crippen molar-refractivity contribution in [3.8, 4) is 5.88 Å². The van der Waals surface area contributed by atoms with E-state index in [1.165, 1.54) is 6.33 Å². The Balaban J connectivity index is 2.78. The second-order valence-electron chi connectivity index (χ2n) is 2.13. The van der Waals surface area contributed by atoms with Crippen LogP contribution in [0.3, 0.4) is 0 Å². The summed E-state index contributed by atoms with van der Waals surface area (Å²) in [7, 11) is 0. The fourth-order valence-corrected chi connectivity index (χ4v) is 1.08. The SMILES string of the molecule is CCCOc1ncnc(Cl)c1Br. The Labute approximate surface area is 84.2 Å². The number of aromatic nitrogens is 2. The van der Waals surface area contributed by atoms with Crippen molar-refractivity contribution < 1.29 is 4.74 Å². The van der Waals surface area contributed by atoms with E-state index < -0.39 is 0 Å². The van der Waals surface area contributed by atoms with Gasteiger partial charge in [-0.25, -0.2) is 9.97 Å². The molecular formula is C7H8BrClN2O. The standard InChI is InChI=1S/C7H8BrClN2O/c1-2-3-12-7-5(8)6(9)10-4-11-7/h4H,2-3H2,1H3. The van der Waals surface area contributed by atoms with Crippen molar-refractivity contribution in [3.05, 3.63) is 16.0 Å². The van der Waals surface area contributed by atoms with E-state index >= 15 is 0 Å². The smallest absolute Gasteiger partial charge is 0.232 e. The van der Waals surface area contributed by atoms with Gasteiger partial charge in [-0.1, -0.05) is 18.5 Å². The zero-order valence-electron chi connectivity index (χ0n) is 6.55. The summed E-state index contributed by atoms with van der Waals surface area (Å²) in [5.41, 5.74) is 0. The summed E-state index contributed by atoms with van der Waals surface area (Å²) in [5.74, 6) is 0.497. The molecule has 0 amide bonds. The van der Waals surface area contributed by atoms with Crippen LogP contribution in [-0.2, 0) is 0 Å². The van der Waals surface area contributed by atoms with E-state index in [1.54, 1.807) is 0 Å². The zero-order chi connectivity index (χ0) is 8.97. The lowest BCUT2D eigenvalue weighted by Gasteiger charge is -2.04. The van der Waals surface area contributed by atoms with E-state index in [0.29, 0.717) is 22.1 Å². The highest BCUT2D eigenvalue weighted by Crippen LogP contribution is 2.27. The van der Waals surface area contributed by atoms with Crippen molar-refractivity contribution in [2.45, 2.75) is 13.3 Å². The maximum atomic E-state index is 5.71. The molecule has 0 saturated heterocycles. The van der Waals surface area contributed by atoms with Gasteiger partial charge in [0.05, 0.1) is 6.61 Å². The summed E-state index contributed by atoms with van der Waals surface area (Å²) in [6.45, 7) is 2.66. The first kappa shape index (κ1) is 9.74. The van der Waals surface area contributed by atoms with Gasteiger partial charge in [0.1, 0.15) is 10.8 Å². The summed E-state index contributed by atoms with van der Waals surface area (Å²) in [4.78, 5) is 7.69. The Morgan fingerprint density at radius 3 is 3.00 bits per heavy atom. The lowest BCUT2D eigenvalue weighted by atomic mass is 10.5. The first-order valence-corrected chi connectivity index (χ1v) is 4.71. The number of rotatable bonds is 3. The highest BCUT2D eigenvalue weighted by atomic mass is 79.9. The fourth-order valence-electron chi connectivity index (χ4n) is 0.633. The van der Waals surface area contributed by atoms with Crippen molar-refractivity contribution in [1.82, 2.24) is 9.97 Å². The van der Waals surface area contributed by atoms with Crippen LogP contribution in [0.1, 0.15) is 13.3 Å². The number of hydrogen-bond donors (Lipinski definition) is 0. The number of hydrogen-bond acceptors (Lipinski definition) is 3. The van der Waals surface area contributed by atoms with Crippen molar-refractivity contribution in [3.63, 3.8) is 0 Å². The molecule has 1 heterocycles. The Bertz CT molecular complexity index is 270. The molecule has 5 heteroatoms. The molecule has 0 radical (unpaired) electrons. The van der Waals surface area contributed by atoms with Crippen molar-refractivity contribution in [2.24, 2.45) is 0 Å². The molecule has 3 nitrogen and oxygen atoms in total. The van der Waals surface area contributed by atoms with Crippen molar-refractivity contribution >= 4 is 27.5 Å². The Kier molecular flexibility index (Phi) is 3.75. The second-order valence-corrected chi connectivity index (χ2v) is 3.28. The third-order valence-corrected chi connectivity index (χ3v) is 2.39. The van der Waals surface area contributed by atoms with Crippen LogP contribution in [0.5, 0.6) is 5.88 Å². The summed E-state index contributed by atoms with van der Waals surface area (Å²) >= 11 is 8.94. The molecule has 1 aromatic heterocycles. The third kappa shape index (κ3) is 2.32. The molecule has 66 valence electrons. The first-order valence-electron chi connectivity index (χ1n) is 3.54. The average Bonchev–Trinajstić information content (AvgIpc) is 2.08. The lowest BCUT2D eigenvalue weighted by Crippen LogP contribution is -1.98. The topological polar surface area (TPSA) is 35.0 Å². The normalized spacial score (nSPS) is 9.92. The predicted molar refractivity (Wildman–Crippen MR) is 50.5 cm³/mol. The Morgan fingerprint density at radius 1 is 1.58 bits per heavy atom. The first-order chi connectivity index (χ1) is 5.75. The van der Waals surface area contributed by atoms with E-state index in [-0.39, 0.29) is 0 Å². The third-order valence-electron chi connectivity index (χ3n) is 1.16. The molecule has 0 aliphatic carbocycles.